The van der Waals surface area contributed by atoms with Crippen LogP contribution in [-0.4, -0.2) is 50.0 Å². The Morgan fingerprint density at radius 2 is 1.06 bits per heavy atom. The molecule has 1 aromatic carbocycles. The van der Waals surface area contributed by atoms with Gasteiger partial charge in [-0.3, -0.25) is 20.4 Å². The fourth-order valence-corrected chi connectivity index (χ4v) is 1.31. The summed E-state index contributed by atoms with van der Waals surface area (Å²) in [5.41, 5.74) is 6.26. The molecule has 0 aromatic heterocycles. The summed E-state index contributed by atoms with van der Waals surface area (Å²) < 4.78 is 0. The van der Waals surface area contributed by atoms with E-state index in [1.165, 1.54) is 0 Å². The van der Waals surface area contributed by atoms with Crippen LogP contribution >= 0.6 is 0 Å². The first-order valence-electron chi connectivity index (χ1n) is 5.47. The Kier molecular flexibility index (Phi) is 4.82. The summed E-state index contributed by atoms with van der Waals surface area (Å²) in [6.07, 6.45) is 0. The number of hydrogen-bond acceptors (Lipinski definition) is 4. The van der Waals surface area contributed by atoms with Crippen LogP contribution in [0.25, 0.3) is 0 Å². The van der Waals surface area contributed by atoms with E-state index in [4.69, 9.17) is 0 Å². The minimum Gasteiger partial charge on any atom is -0.285 e. The molecule has 0 spiro atoms. The van der Waals surface area contributed by atoms with Crippen molar-refractivity contribution < 1.29 is 9.59 Å². The predicted molar refractivity (Wildman–Crippen MR) is 68.7 cm³/mol. The molecule has 1 aromatic rings. The summed E-state index contributed by atoms with van der Waals surface area (Å²) in [6.45, 7) is 0. The zero-order valence-electron chi connectivity index (χ0n) is 11.0. The van der Waals surface area contributed by atoms with Gasteiger partial charge in [-0.2, -0.15) is 0 Å². The van der Waals surface area contributed by atoms with Crippen molar-refractivity contribution in [2.75, 3.05) is 28.2 Å². The van der Waals surface area contributed by atoms with Gasteiger partial charge in [0.25, 0.3) is 11.8 Å². The lowest BCUT2D eigenvalue weighted by Gasteiger charge is -2.13. The van der Waals surface area contributed by atoms with Crippen molar-refractivity contribution in [3.63, 3.8) is 0 Å². The Labute approximate surface area is 107 Å². The lowest BCUT2D eigenvalue weighted by atomic mass is 10.1. The molecule has 0 aliphatic carbocycles. The van der Waals surface area contributed by atoms with Gasteiger partial charge < -0.3 is 0 Å². The van der Waals surface area contributed by atoms with E-state index in [9.17, 15) is 9.59 Å². The topological polar surface area (TPSA) is 64.7 Å². The minimum absolute atomic E-state index is 0.209. The SMILES string of the molecule is CN(C)NC(=O)c1ccc(C(=O)NN(C)C)cc1. The number of carbonyl (C=O) groups is 2. The van der Waals surface area contributed by atoms with E-state index in [2.05, 4.69) is 10.9 Å². The van der Waals surface area contributed by atoms with Gasteiger partial charge in [0.2, 0.25) is 0 Å². The van der Waals surface area contributed by atoms with Crippen LogP contribution in [0.4, 0.5) is 0 Å². The highest BCUT2D eigenvalue weighted by Gasteiger charge is 2.09. The van der Waals surface area contributed by atoms with E-state index < -0.39 is 0 Å². The highest BCUT2D eigenvalue weighted by atomic mass is 16.2. The molecule has 0 saturated heterocycles. The van der Waals surface area contributed by atoms with Gasteiger partial charge in [0.15, 0.2) is 0 Å². The Bertz CT molecular complexity index is 385. The number of benzene rings is 1. The molecular weight excluding hydrogens is 232 g/mol. The van der Waals surface area contributed by atoms with E-state index in [0.717, 1.165) is 0 Å². The zero-order chi connectivity index (χ0) is 13.7. The molecule has 0 aliphatic heterocycles. The molecule has 0 aliphatic rings. The fraction of sp³-hybridized carbons (Fsp3) is 0.333. The van der Waals surface area contributed by atoms with Gasteiger partial charge in [0.1, 0.15) is 0 Å². The van der Waals surface area contributed by atoms with E-state index in [1.807, 2.05) is 0 Å². The number of amides is 2. The first-order valence-corrected chi connectivity index (χ1v) is 5.47. The summed E-state index contributed by atoms with van der Waals surface area (Å²) in [6, 6.07) is 6.46. The molecule has 6 nitrogen and oxygen atoms in total. The molecule has 0 saturated carbocycles. The fourth-order valence-electron chi connectivity index (χ4n) is 1.31. The maximum Gasteiger partial charge on any atom is 0.265 e. The van der Waals surface area contributed by atoms with Crippen LogP contribution < -0.4 is 10.9 Å². The first-order chi connectivity index (χ1) is 8.40. The monoisotopic (exact) mass is 250 g/mol. The largest absolute Gasteiger partial charge is 0.285 e. The maximum absolute atomic E-state index is 11.7. The predicted octanol–water partition coefficient (Wildman–Crippen LogP) is 0.0994. The summed E-state index contributed by atoms with van der Waals surface area (Å²) in [5.74, 6) is -0.417. The highest BCUT2D eigenvalue weighted by molar-refractivity contribution is 5.97. The number of rotatable bonds is 4. The molecule has 0 radical (unpaired) electrons. The van der Waals surface area contributed by atoms with E-state index in [0.29, 0.717) is 11.1 Å². The molecular formula is C12H18N4O2. The van der Waals surface area contributed by atoms with Gasteiger partial charge in [-0.05, 0) is 24.3 Å². The normalized spacial score (nSPS) is 10.6. The van der Waals surface area contributed by atoms with E-state index in [1.54, 1.807) is 62.5 Å². The molecule has 0 unspecified atom stereocenters. The van der Waals surface area contributed by atoms with Gasteiger partial charge in [0.05, 0.1) is 0 Å². The molecule has 2 N–H and O–H groups in total. The second kappa shape index (κ2) is 6.13. The molecule has 18 heavy (non-hydrogen) atoms. The first kappa shape index (κ1) is 14.1. The van der Waals surface area contributed by atoms with Crippen molar-refractivity contribution in [2.24, 2.45) is 0 Å². The van der Waals surface area contributed by atoms with Crippen molar-refractivity contribution in [2.45, 2.75) is 0 Å². The van der Waals surface area contributed by atoms with Crippen molar-refractivity contribution in [1.82, 2.24) is 20.9 Å². The van der Waals surface area contributed by atoms with Crippen LogP contribution in [0.1, 0.15) is 20.7 Å². The molecule has 0 fully saturated rings. The van der Waals surface area contributed by atoms with Crippen molar-refractivity contribution in [3.05, 3.63) is 35.4 Å². The van der Waals surface area contributed by atoms with Gasteiger partial charge in [-0.15, -0.1) is 0 Å². The Balaban J connectivity index is 2.74. The molecule has 1 rings (SSSR count). The lowest BCUT2D eigenvalue weighted by molar-refractivity contribution is 0.0844. The second-order valence-corrected chi connectivity index (χ2v) is 4.25. The minimum atomic E-state index is -0.209. The zero-order valence-corrected chi connectivity index (χ0v) is 11.0. The third-order valence-electron chi connectivity index (χ3n) is 2.06. The van der Waals surface area contributed by atoms with Crippen LogP contribution in [0.5, 0.6) is 0 Å². The molecule has 0 atom stereocenters. The lowest BCUT2D eigenvalue weighted by Crippen LogP contribution is -2.37. The van der Waals surface area contributed by atoms with Crippen molar-refractivity contribution >= 4 is 11.8 Å². The molecule has 0 heterocycles. The standard InChI is InChI=1S/C12H18N4O2/c1-15(2)13-11(17)9-5-7-10(8-6-9)12(18)14-16(3)4/h5-8H,1-4H3,(H,13,17)(H,14,18). The highest BCUT2D eigenvalue weighted by Crippen LogP contribution is 2.04. The van der Waals surface area contributed by atoms with E-state index >= 15 is 0 Å². The number of hydrazine groups is 2. The van der Waals surface area contributed by atoms with Crippen LogP contribution in [0, 0.1) is 0 Å². The van der Waals surface area contributed by atoms with Crippen LogP contribution in [0.2, 0.25) is 0 Å². The smallest absolute Gasteiger partial charge is 0.265 e. The number of hydrogen-bond donors (Lipinski definition) is 2. The average Bonchev–Trinajstić information content (AvgIpc) is 2.27. The third-order valence-corrected chi connectivity index (χ3v) is 2.06. The molecule has 98 valence electrons. The Morgan fingerprint density at radius 1 is 0.778 bits per heavy atom. The van der Waals surface area contributed by atoms with Crippen LogP contribution in [0.15, 0.2) is 24.3 Å². The summed E-state index contributed by atoms with van der Waals surface area (Å²) in [4.78, 5) is 23.3. The van der Waals surface area contributed by atoms with Crippen LogP contribution in [0.3, 0.4) is 0 Å². The van der Waals surface area contributed by atoms with Crippen LogP contribution in [-0.2, 0) is 0 Å². The molecule has 0 bridgehead atoms. The quantitative estimate of drug-likeness (QED) is 0.744. The van der Waals surface area contributed by atoms with Gasteiger partial charge >= 0.3 is 0 Å². The van der Waals surface area contributed by atoms with E-state index in [-0.39, 0.29) is 11.8 Å². The summed E-state index contributed by atoms with van der Waals surface area (Å²) in [7, 11) is 6.93. The summed E-state index contributed by atoms with van der Waals surface area (Å²) >= 11 is 0. The number of nitrogens with zero attached hydrogens (tertiary/aromatic N) is 2. The Morgan fingerprint density at radius 3 is 1.28 bits per heavy atom. The Hall–Kier alpha value is -1.92. The number of carbonyl (C=O) groups excluding carboxylic acids is 2. The third kappa shape index (κ3) is 4.15. The summed E-state index contributed by atoms with van der Waals surface area (Å²) in [5, 5.41) is 3.13. The van der Waals surface area contributed by atoms with Crippen molar-refractivity contribution in [3.8, 4) is 0 Å². The maximum atomic E-state index is 11.7. The molecule has 2 amide bonds. The van der Waals surface area contributed by atoms with Crippen molar-refractivity contribution in [1.29, 1.82) is 0 Å². The number of nitrogens with one attached hydrogen (secondary N) is 2. The average molecular weight is 250 g/mol. The second-order valence-electron chi connectivity index (χ2n) is 4.25. The van der Waals surface area contributed by atoms with Gasteiger partial charge in [-0.1, -0.05) is 0 Å². The molecule has 6 heteroatoms. The van der Waals surface area contributed by atoms with Gasteiger partial charge in [0, 0.05) is 39.3 Å². The van der Waals surface area contributed by atoms with Gasteiger partial charge in [-0.25, -0.2) is 10.0 Å².